The van der Waals surface area contributed by atoms with Gasteiger partial charge in [-0.1, -0.05) is 11.6 Å². The largest absolute Gasteiger partial charge is 0.383 e. The highest BCUT2D eigenvalue weighted by Gasteiger charge is 2.10. The molecule has 0 fully saturated rings. The lowest BCUT2D eigenvalue weighted by molar-refractivity contribution is -0.115. The molecule has 0 unspecified atom stereocenters. The van der Waals surface area contributed by atoms with Crippen LogP contribution >= 0.6 is 11.6 Å². The lowest BCUT2D eigenvalue weighted by Crippen LogP contribution is -2.30. The van der Waals surface area contributed by atoms with Crippen LogP contribution in [0.25, 0.3) is 0 Å². The summed E-state index contributed by atoms with van der Waals surface area (Å²) < 4.78 is 4.85. The van der Waals surface area contributed by atoms with Crippen molar-refractivity contribution >= 4 is 29.1 Å². The second-order valence-corrected chi connectivity index (χ2v) is 4.40. The number of carbonyl (C=O) groups is 2. The molecule has 1 rings (SSSR count). The van der Waals surface area contributed by atoms with Gasteiger partial charge in [0, 0.05) is 26.4 Å². The molecule has 0 aliphatic carbocycles. The molecule has 0 spiro atoms. The Bertz CT molecular complexity index is 480. The predicted octanol–water partition coefficient (Wildman–Crippen LogP) is 0.874. The van der Waals surface area contributed by atoms with Crippen molar-refractivity contribution in [3.8, 4) is 0 Å². The van der Waals surface area contributed by atoms with E-state index in [0.29, 0.717) is 24.4 Å². The van der Waals surface area contributed by atoms with Crippen LogP contribution in [0.4, 0.5) is 5.69 Å². The SMILES string of the molecule is CNC(=O)c1ccc(NC(=O)CNCCOC)cc1Cl. The van der Waals surface area contributed by atoms with Crippen LogP contribution in [-0.2, 0) is 9.53 Å². The molecule has 2 amide bonds. The fourth-order valence-electron chi connectivity index (χ4n) is 1.49. The van der Waals surface area contributed by atoms with E-state index in [-0.39, 0.29) is 23.4 Å². The molecule has 110 valence electrons. The van der Waals surface area contributed by atoms with E-state index in [1.807, 2.05) is 0 Å². The van der Waals surface area contributed by atoms with Crippen LogP contribution < -0.4 is 16.0 Å². The molecule has 0 aliphatic heterocycles. The number of nitrogens with one attached hydrogen (secondary N) is 3. The summed E-state index contributed by atoms with van der Waals surface area (Å²) in [7, 11) is 3.12. The third-order valence-electron chi connectivity index (χ3n) is 2.49. The Hall–Kier alpha value is -1.63. The van der Waals surface area contributed by atoms with Crippen molar-refractivity contribution in [1.29, 1.82) is 0 Å². The first-order chi connectivity index (χ1) is 9.58. The number of carbonyl (C=O) groups excluding carboxylic acids is 2. The lowest BCUT2D eigenvalue weighted by atomic mass is 10.2. The van der Waals surface area contributed by atoms with Gasteiger partial charge in [-0.25, -0.2) is 0 Å². The van der Waals surface area contributed by atoms with E-state index in [2.05, 4.69) is 16.0 Å². The maximum absolute atomic E-state index is 11.6. The van der Waals surface area contributed by atoms with E-state index < -0.39 is 0 Å². The molecule has 1 aromatic rings. The number of halogens is 1. The smallest absolute Gasteiger partial charge is 0.252 e. The molecular formula is C13H18ClN3O3. The van der Waals surface area contributed by atoms with Gasteiger partial charge >= 0.3 is 0 Å². The Labute approximate surface area is 122 Å². The molecule has 0 atom stereocenters. The number of amides is 2. The summed E-state index contributed by atoms with van der Waals surface area (Å²) >= 11 is 5.99. The van der Waals surface area contributed by atoms with Crippen LogP contribution in [0, 0.1) is 0 Å². The number of anilines is 1. The number of benzene rings is 1. The van der Waals surface area contributed by atoms with E-state index in [4.69, 9.17) is 16.3 Å². The van der Waals surface area contributed by atoms with E-state index in [1.54, 1.807) is 25.3 Å². The fraction of sp³-hybridized carbons (Fsp3) is 0.385. The normalized spacial score (nSPS) is 10.2. The molecule has 0 saturated carbocycles. The van der Waals surface area contributed by atoms with Gasteiger partial charge in [0.1, 0.15) is 0 Å². The zero-order valence-electron chi connectivity index (χ0n) is 11.5. The van der Waals surface area contributed by atoms with Gasteiger partial charge in [0.15, 0.2) is 0 Å². The Balaban J connectivity index is 2.54. The summed E-state index contributed by atoms with van der Waals surface area (Å²) in [6.45, 7) is 1.32. The molecule has 0 heterocycles. The first-order valence-corrected chi connectivity index (χ1v) is 6.47. The Morgan fingerprint density at radius 3 is 2.70 bits per heavy atom. The van der Waals surface area contributed by atoms with Gasteiger partial charge in [0.2, 0.25) is 5.91 Å². The predicted molar refractivity (Wildman–Crippen MR) is 78.2 cm³/mol. The van der Waals surface area contributed by atoms with Gasteiger partial charge in [-0.15, -0.1) is 0 Å². The van der Waals surface area contributed by atoms with Crippen molar-refractivity contribution in [3.63, 3.8) is 0 Å². The first kappa shape index (κ1) is 16.4. The number of hydrogen-bond donors (Lipinski definition) is 3. The minimum Gasteiger partial charge on any atom is -0.383 e. The minimum absolute atomic E-state index is 0.179. The number of ether oxygens (including phenoxy) is 1. The molecule has 0 radical (unpaired) electrons. The summed E-state index contributed by atoms with van der Waals surface area (Å²) in [6.07, 6.45) is 0. The Morgan fingerprint density at radius 2 is 2.10 bits per heavy atom. The molecule has 20 heavy (non-hydrogen) atoms. The van der Waals surface area contributed by atoms with Crippen LogP contribution in [0.1, 0.15) is 10.4 Å². The third-order valence-corrected chi connectivity index (χ3v) is 2.81. The highest BCUT2D eigenvalue weighted by Crippen LogP contribution is 2.20. The maximum atomic E-state index is 11.6. The molecular weight excluding hydrogens is 282 g/mol. The Kier molecular flexibility index (Phi) is 7.00. The monoisotopic (exact) mass is 299 g/mol. The van der Waals surface area contributed by atoms with Gasteiger partial charge < -0.3 is 20.7 Å². The second kappa shape index (κ2) is 8.52. The molecule has 0 aliphatic rings. The van der Waals surface area contributed by atoms with Gasteiger partial charge in [0.25, 0.3) is 5.91 Å². The average molecular weight is 300 g/mol. The maximum Gasteiger partial charge on any atom is 0.252 e. The quantitative estimate of drug-likeness (QED) is 0.653. The van der Waals surface area contributed by atoms with E-state index in [9.17, 15) is 9.59 Å². The summed E-state index contributed by atoms with van der Waals surface area (Å²) in [5.74, 6) is -0.459. The molecule has 0 saturated heterocycles. The van der Waals surface area contributed by atoms with Crippen LogP contribution in [0.2, 0.25) is 5.02 Å². The number of hydrogen-bond acceptors (Lipinski definition) is 4. The van der Waals surface area contributed by atoms with Crippen molar-refractivity contribution in [2.75, 3.05) is 39.2 Å². The van der Waals surface area contributed by atoms with Gasteiger partial charge in [0.05, 0.1) is 23.7 Å². The van der Waals surface area contributed by atoms with Crippen molar-refractivity contribution in [3.05, 3.63) is 28.8 Å². The topological polar surface area (TPSA) is 79.5 Å². The summed E-state index contributed by atoms with van der Waals surface area (Å²) in [5, 5.41) is 8.39. The van der Waals surface area contributed by atoms with Gasteiger partial charge in [-0.05, 0) is 18.2 Å². The second-order valence-electron chi connectivity index (χ2n) is 3.99. The zero-order chi connectivity index (χ0) is 15.0. The summed E-state index contributed by atoms with van der Waals surface area (Å²) in [5.41, 5.74) is 0.909. The van der Waals surface area contributed by atoms with E-state index >= 15 is 0 Å². The van der Waals surface area contributed by atoms with Crippen LogP contribution in [0.15, 0.2) is 18.2 Å². The molecule has 3 N–H and O–H groups in total. The van der Waals surface area contributed by atoms with Crippen molar-refractivity contribution < 1.29 is 14.3 Å². The third kappa shape index (κ3) is 5.16. The molecule has 7 heteroatoms. The molecule has 6 nitrogen and oxygen atoms in total. The van der Waals surface area contributed by atoms with Crippen molar-refractivity contribution in [1.82, 2.24) is 10.6 Å². The first-order valence-electron chi connectivity index (χ1n) is 6.09. The van der Waals surface area contributed by atoms with E-state index in [0.717, 1.165) is 0 Å². The van der Waals surface area contributed by atoms with Crippen molar-refractivity contribution in [2.24, 2.45) is 0 Å². The van der Waals surface area contributed by atoms with Gasteiger partial charge in [-0.3, -0.25) is 9.59 Å². The Morgan fingerprint density at radius 1 is 1.35 bits per heavy atom. The highest BCUT2D eigenvalue weighted by atomic mass is 35.5. The van der Waals surface area contributed by atoms with Crippen LogP contribution in [-0.4, -0.2) is 45.7 Å². The van der Waals surface area contributed by atoms with Crippen LogP contribution in [0.3, 0.4) is 0 Å². The summed E-state index contributed by atoms with van der Waals surface area (Å²) in [6, 6.07) is 4.73. The van der Waals surface area contributed by atoms with E-state index in [1.165, 1.54) is 7.05 Å². The number of methoxy groups -OCH3 is 1. The standard InChI is InChI=1S/C13H18ClN3O3/c1-15-13(19)10-4-3-9(7-11(10)14)17-12(18)8-16-5-6-20-2/h3-4,7,16H,5-6,8H2,1-2H3,(H,15,19)(H,17,18). The average Bonchev–Trinajstić information content (AvgIpc) is 2.43. The fourth-order valence-corrected chi connectivity index (χ4v) is 1.76. The van der Waals surface area contributed by atoms with Crippen molar-refractivity contribution in [2.45, 2.75) is 0 Å². The van der Waals surface area contributed by atoms with Gasteiger partial charge in [-0.2, -0.15) is 0 Å². The number of rotatable bonds is 7. The molecule has 0 bridgehead atoms. The molecule has 0 aromatic heterocycles. The zero-order valence-corrected chi connectivity index (χ0v) is 12.2. The highest BCUT2D eigenvalue weighted by molar-refractivity contribution is 6.34. The molecule has 1 aromatic carbocycles. The van der Waals surface area contributed by atoms with Crippen LogP contribution in [0.5, 0.6) is 0 Å². The lowest BCUT2D eigenvalue weighted by Gasteiger charge is -2.08. The summed E-state index contributed by atoms with van der Waals surface area (Å²) in [4.78, 5) is 23.1. The minimum atomic E-state index is -0.269.